The van der Waals surface area contributed by atoms with Crippen LogP contribution in [0.4, 0.5) is 5.69 Å². The number of methoxy groups -OCH3 is 3. The van der Waals surface area contributed by atoms with Crippen molar-refractivity contribution in [1.29, 1.82) is 5.41 Å². The molecule has 0 saturated heterocycles. The molecule has 0 spiro atoms. The number of aromatic nitrogens is 6. The van der Waals surface area contributed by atoms with Crippen molar-refractivity contribution < 1.29 is 24.1 Å². The van der Waals surface area contributed by atoms with E-state index in [4.69, 9.17) is 19.6 Å². The third-order valence-electron chi connectivity index (χ3n) is 7.92. The third kappa shape index (κ3) is 3.62. The number of aromatic amines is 3. The number of carbonyl (C=O) groups is 1. The molecular formula is C29H28N8O5. The second-order valence-electron chi connectivity index (χ2n) is 10.3. The summed E-state index contributed by atoms with van der Waals surface area (Å²) in [6, 6.07) is 7.17. The molecular weight excluding hydrogens is 540 g/mol. The summed E-state index contributed by atoms with van der Waals surface area (Å²) in [5.74, 6) is 0.961. The number of amides is 1. The van der Waals surface area contributed by atoms with Gasteiger partial charge in [-0.3, -0.25) is 10.2 Å². The van der Waals surface area contributed by atoms with E-state index in [-0.39, 0.29) is 23.1 Å². The first-order valence-electron chi connectivity index (χ1n) is 13.2. The Kier molecular flexibility index (Phi) is 5.64. The van der Waals surface area contributed by atoms with Crippen LogP contribution in [-0.2, 0) is 6.54 Å². The predicted molar refractivity (Wildman–Crippen MR) is 155 cm³/mol. The number of ether oxygens (including phenoxy) is 3. The van der Waals surface area contributed by atoms with E-state index < -0.39 is 0 Å². The van der Waals surface area contributed by atoms with Crippen LogP contribution < -0.4 is 24.6 Å². The highest BCUT2D eigenvalue weighted by Crippen LogP contribution is 2.47. The van der Waals surface area contributed by atoms with Gasteiger partial charge in [0.05, 0.1) is 50.7 Å². The number of carbonyl (C=O) groups excluding carboxylic acids is 1. The molecule has 0 bridgehead atoms. The second-order valence-corrected chi connectivity index (χ2v) is 10.3. The summed E-state index contributed by atoms with van der Waals surface area (Å²) in [6.45, 7) is 2.72. The first-order chi connectivity index (χ1) is 20.3. The summed E-state index contributed by atoms with van der Waals surface area (Å²) in [4.78, 5) is 34.0. The topological polar surface area (TPSA) is 170 Å². The van der Waals surface area contributed by atoms with Gasteiger partial charge in [0.2, 0.25) is 5.75 Å². The van der Waals surface area contributed by atoms with E-state index in [0.717, 1.165) is 22.0 Å². The smallest absolute Gasteiger partial charge is 0.274 e. The molecule has 1 amide bonds. The van der Waals surface area contributed by atoms with Crippen LogP contribution in [0.3, 0.4) is 0 Å². The van der Waals surface area contributed by atoms with Crippen molar-refractivity contribution in [2.75, 3.05) is 32.8 Å². The minimum atomic E-state index is -0.268. The zero-order valence-corrected chi connectivity index (χ0v) is 23.3. The summed E-state index contributed by atoms with van der Waals surface area (Å²) in [5, 5.41) is 20.6. The number of nitrogens with zero attached hydrogens (tertiary/aromatic N) is 4. The fourth-order valence-electron chi connectivity index (χ4n) is 6.13. The molecule has 0 fully saturated rings. The van der Waals surface area contributed by atoms with Crippen molar-refractivity contribution in [3.8, 4) is 23.0 Å². The van der Waals surface area contributed by atoms with Crippen LogP contribution in [0.5, 0.6) is 23.0 Å². The number of hydrogen-bond donors (Lipinski definition) is 5. The fourth-order valence-corrected chi connectivity index (χ4v) is 6.13. The minimum Gasteiger partial charge on any atom is -0.506 e. The maximum Gasteiger partial charge on any atom is 0.274 e. The number of imidazole rings is 1. The quantitative estimate of drug-likeness (QED) is 0.204. The Morgan fingerprint density at radius 2 is 1.86 bits per heavy atom. The van der Waals surface area contributed by atoms with Crippen LogP contribution in [0, 0.1) is 12.3 Å². The van der Waals surface area contributed by atoms with Crippen LogP contribution in [0.1, 0.15) is 27.7 Å². The fraction of sp³-hybridized carbons (Fsp3) is 0.241. The van der Waals surface area contributed by atoms with Gasteiger partial charge in [-0.1, -0.05) is 0 Å². The van der Waals surface area contributed by atoms with Crippen molar-refractivity contribution in [2.45, 2.75) is 19.4 Å². The zero-order chi connectivity index (χ0) is 29.3. The third-order valence-corrected chi connectivity index (χ3v) is 7.92. The van der Waals surface area contributed by atoms with Crippen LogP contribution >= 0.6 is 0 Å². The molecule has 5 heterocycles. The largest absolute Gasteiger partial charge is 0.506 e. The zero-order valence-electron chi connectivity index (χ0n) is 23.3. The number of benzene rings is 2. The maximum absolute atomic E-state index is 14.2. The van der Waals surface area contributed by atoms with Gasteiger partial charge in [0.1, 0.15) is 17.0 Å². The van der Waals surface area contributed by atoms with Crippen LogP contribution in [0.2, 0.25) is 0 Å². The van der Waals surface area contributed by atoms with Gasteiger partial charge in [0.15, 0.2) is 22.6 Å². The Morgan fingerprint density at radius 3 is 2.62 bits per heavy atom. The first-order valence-corrected chi connectivity index (χ1v) is 13.2. The average Bonchev–Trinajstić information content (AvgIpc) is 3.77. The van der Waals surface area contributed by atoms with Gasteiger partial charge in [-0.2, -0.15) is 0 Å². The number of H-pyrrole nitrogens is 3. The Bertz CT molecular complexity index is 2100. The van der Waals surface area contributed by atoms with E-state index in [1.807, 2.05) is 17.6 Å². The van der Waals surface area contributed by atoms with E-state index in [1.54, 1.807) is 42.9 Å². The number of hydrogen-bond acceptors (Lipinski definition) is 8. The van der Waals surface area contributed by atoms with Gasteiger partial charge in [-0.05, 0) is 30.7 Å². The maximum atomic E-state index is 14.2. The molecule has 1 unspecified atom stereocenters. The molecule has 0 aliphatic carbocycles. The molecule has 1 aliphatic heterocycles. The lowest BCUT2D eigenvalue weighted by Crippen LogP contribution is -2.31. The highest BCUT2D eigenvalue weighted by molar-refractivity contribution is 6.11. The summed E-state index contributed by atoms with van der Waals surface area (Å²) in [6.07, 6.45) is 3.14. The van der Waals surface area contributed by atoms with E-state index in [1.165, 1.54) is 14.2 Å². The number of aryl methyl sites for hydroxylation is 1. The van der Waals surface area contributed by atoms with Crippen LogP contribution in [0.25, 0.3) is 33.0 Å². The molecule has 0 radical (unpaired) electrons. The molecule has 13 nitrogen and oxygen atoms in total. The van der Waals surface area contributed by atoms with Gasteiger partial charge in [-0.15, -0.1) is 0 Å². The molecule has 13 heteroatoms. The number of phenols is 1. The molecule has 0 saturated carbocycles. The van der Waals surface area contributed by atoms with E-state index in [0.29, 0.717) is 63.9 Å². The number of fused-ring (bicyclic) bond motifs is 5. The molecule has 2 aromatic carbocycles. The normalized spacial score (nSPS) is 14.7. The molecule has 7 rings (SSSR count). The number of aromatic hydroxyl groups is 1. The van der Waals surface area contributed by atoms with Gasteiger partial charge in [0.25, 0.3) is 5.91 Å². The summed E-state index contributed by atoms with van der Waals surface area (Å²) < 4.78 is 18.5. The van der Waals surface area contributed by atoms with E-state index >= 15 is 0 Å². The number of anilines is 1. The Hall–Kier alpha value is -5.46. The predicted octanol–water partition coefficient (Wildman–Crippen LogP) is 3.69. The van der Waals surface area contributed by atoms with Crippen molar-refractivity contribution in [1.82, 2.24) is 29.5 Å². The van der Waals surface area contributed by atoms with E-state index in [9.17, 15) is 9.90 Å². The number of nitrogens with one attached hydrogen (secondary N) is 4. The first kappa shape index (κ1) is 25.5. The highest BCUT2D eigenvalue weighted by atomic mass is 16.5. The second kappa shape index (κ2) is 9.29. The van der Waals surface area contributed by atoms with Crippen molar-refractivity contribution in [3.63, 3.8) is 0 Å². The van der Waals surface area contributed by atoms with Crippen molar-refractivity contribution in [3.05, 3.63) is 59.4 Å². The lowest BCUT2D eigenvalue weighted by atomic mass is 9.97. The molecule has 4 aromatic heterocycles. The highest BCUT2D eigenvalue weighted by Gasteiger charge is 2.37. The molecule has 5 N–H and O–H groups in total. The van der Waals surface area contributed by atoms with Crippen molar-refractivity contribution in [2.24, 2.45) is 0 Å². The number of phenolic OH excluding ortho intramolecular Hbond substituents is 1. The lowest BCUT2D eigenvalue weighted by molar-refractivity contribution is 0.0984. The summed E-state index contributed by atoms with van der Waals surface area (Å²) in [7, 11) is 4.60. The monoisotopic (exact) mass is 568 g/mol. The molecule has 6 aromatic rings. The molecule has 1 aliphatic rings. The average molecular weight is 569 g/mol. The Labute approximate surface area is 238 Å². The molecule has 214 valence electrons. The minimum absolute atomic E-state index is 0.0608. The van der Waals surface area contributed by atoms with E-state index in [2.05, 4.69) is 24.9 Å². The van der Waals surface area contributed by atoms with Gasteiger partial charge in [0, 0.05) is 41.5 Å². The summed E-state index contributed by atoms with van der Waals surface area (Å²) >= 11 is 0. The standard InChI is InChI=1S/C29H28N8O5/c1-13-5-16-21-15(9-36-12-33-27(30)24-28(36)32-11-31-24)10-37(18(21)8-19(38)23(16)34-13)29(39)17-6-14-7-20(40-2)25(41-3)26(42-4)22(14)35-17/h5-8,11-12,15,30,34-35,38H,9-10H2,1-4H3,(H,31,32). The molecule has 42 heavy (non-hydrogen) atoms. The van der Waals surface area contributed by atoms with Crippen molar-refractivity contribution >= 4 is 44.6 Å². The lowest BCUT2D eigenvalue weighted by Gasteiger charge is -2.18. The van der Waals surface area contributed by atoms with Crippen LogP contribution in [0.15, 0.2) is 36.9 Å². The molecule has 1 atom stereocenters. The Balaban J connectivity index is 1.36. The summed E-state index contributed by atoms with van der Waals surface area (Å²) in [5.41, 5.74) is 5.27. The SMILES string of the molecule is COc1cc2cc(C(=O)N3CC(Cn4cnc(=N)c5[nH]cnc54)c4c3cc(O)c3[nH]c(C)cc43)[nH]c2c(OC)c1OC. The van der Waals surface area contributed by atoms with Crippen LogP contribution in [-0.4, -0.2) is 68.4 Å². The Morgan fingerprint density at radius 1 is 1.05 bits per heavy atom. The van der Waals surface area contributed by atoms with Gasteiger partial charge < -0.3 is 43.7 Å². The van der Waals surface area contributed by atoms with Gasteiger partial charge >= 0.3 is 0 Å². The van der Waals surface area contributed by atoms with Gasteiger partial charge in [-0.25, -0.2) is 9.97 Å². The number of rotatable bonds is 6.